The molecule has 0 radical (unpaired) electrons. The highest BCUT2D eigenvalue weighted by Crippen LogP contribution is 2.35. The van der Waals surface area contributed by atoms with Crippen molar-refractivity contribution in [1.29, 1.82) is 0 Å². The number of aliphatic hydroxyl groups excluding tert-OH is 1. The van der Waals surface area contributed by atoms with Crippen molar-refractivity contribution < 1.29 is 24.2 Å². The fraction of sp³-hybridized carbons (Fsp3) is 0.250. The quantitative estimate of drug-likeness (QED) is 0.317. The van der Waals surface area contributed by atoms with Gasteiger partial charge in [-0.2, -0.15) is 10.0 Å². The Bertz CT molecular complexity index is 1460. The van der Waals surface area contributed by atoms with Gasteiger partial charge in [-0.15, -0.1) is 0 Å². The number of hydrazine groups is 1. The van der Waals surface area contributed by atoms with Crippen LogP contribution in [0, 0.1) is 5.92 Å². The molecular formula is C32H32N2O5. The van der Waals surface area contributed by atoms with E-state index in [2.05, 4.69) is 0 Å². The predicted molar refractivity (Wildman–Crippen MR) is 149 cm³/mol. The van der Waals surface area contributed by atoms with Crippen LogP contribution in [-0.2, 0) is 16.1 Å². The van der Waals surface area contributed by atoms with Gasteiger partial charge in [-0.1, -0.05) is 85.8 Å². The number of cyclic esters (lactones) is 1. The van der Waals surface area contributed by atoms with Crippen molar-refractivity contribution in [2.75, 3.05) is 7.11 Å². The van der Waals surface area contributed by atoms with E-state index in [0.29, 0.717) is 11.3 Å². The molecule has 1 N–H and O–H groups in total. The molecule has 1 aliphatic heterocycles. The highest BCUT2D eigenvalue weighted by Gasteiger charge is 2.45. The number of carbonyl (C=O) groups is 2. The molecule has 1 aliphatic rings. The fourth-order valence-corrected chi connectivity index (χ4v) is 5.05. The minimum absolute atomic E-state index is 0.286. The van der Waals surface area contributed by atoms with Gasteiger partial charge in [0.15, 0.2) is 0 Å². The Balaban J connectivity index is 1.45. The number of carbonyl (C=O) groups excluding carboxylic acids is 2. The molecular weight excluding hydrogens is 492 g/mol. The molecule has 0 aromatic heterocycles. The van der Waals surface area contributed by atoms with Crippen molar-refractivity contribution >= 4 is 22.8 Å². The summed E-state index contributed by atoms with van der Waals surface area (Å²) >= 11 is 0. The summed E-state index contributed by atoms with van der Waals surface area (Å²) in [6.45, 7) is 3.85. The summed E-state index contributed by atoms with van der Waals surface area (Å²) in [4.78, 5) is 27.3. The lowest BCUT2D eigenvalue weighted by molar-refractivity contribution is -0.177. The third-order valence-corrected chi connectivity index (χ3v) is 7.38. The first kappa shape index (κ1) is 26.4. The van der Waals surface area contributed by atoms with Crippen LogP contribution < -0.4 is 4.74 Å². The number of imide groups is 1. The van der Waals surface area contributed by atoms with Gasteiger partial charge in [-0.3, -0.25) is 4.79 Å². The number of hydrogen-bond donors (Lipinski definition) is 1. The van der Waals surface area contributed by atoms with Crippen molar-refractivity contribution in [3.8, 4) is 5.75 Å². The molecule has 1 heterocycles. The topological polar surface area (TPSA) is 79.3 Å². The number of fused-ring (bicyclic) bond motifs is 1. The second kappa shape index (κ2) is 11.3. The van der Waals surface area contributed by atoms with E-state index in [4.69, 9.17) is 9.47 Å². The van der Waals surface area contributed by atoms with Gasteiger partial charge >= 0.3 is 6.09 Å². The SMILES string of the molecule is COc1ccc(CN2[C@@H](C)[C@@H](c3ccccc3)OC(=O)N2C(=O)[C@@H](C)[C@H](O)c2ccc3ccccc3c2)cc1. The normalized spacial score (nSPS) is 19.4. The van der Waals surface area contributed by atoms with Crippen molar-refractivity contribution in [3.05, 3.63) is 114 Å². The van der Waals surface area contributed by atoms with Crippen LogP contribution in [0.25, 0.3) is 10.8 Å². The predicted octanol–water partition coefficient (Wildman–Crippen LogP) is 6.04. The van der Waals surface area contributed by atoms with Gasteiger partial charge in [-0.25, -0.2) is 4.79 Å². The molecule has 0 unspecified atom stereocenters. The number of methoxy groups -OCH3 is 1. The lowest BCUT2D eigenvalue weighted by atomic mass is 9.94. The molecule has 7 nitrogen and oxygen atoms in total. The summed E-state index contributed by atoms with van der Waals surface area (Å²) < 4.78 is 11.1. The largest absolute Gasteiger partial charge is 0.497 e. The second-order valence-corrected chi connectivity index (χ2v) is 9.89. The minimum atomic E-state index is -1.11. The molecule has 0 aliphatic carbocycles. The molecule has 4 aromatic carbocycles. The van der Waals surface area contributed by atoms with E-state index < -0.39 is 30.1 Å². The van der Waals surface area contributed by atoms with Gasteiger partial charge in [0, 0.05) is 6.54 Å². The molecule has 0 bridgehead atoms. The van der Waals surface area contributed by atoms with Crippen LogP contribution in [0.5, 0.6) is 5.75 Å². The van der Waals surface area contributed by atoms with E-state index in [0.717, 1.165) is 26.9 Å². The third-order valence-electron chi connectivity index (χ3n) is 7.38. The molecule has 4 aromatic rings. The van der Waals surface area contributed by atoms with Crippen molar-refractivity contribution in [2.24, 2.45) is 5.92 Å². The zero-order chi connectivity index (χ0) is 27.5. The van der Waals surface area contributed by atoms with E-state index >= 15 is 0 Å². The first-order chi connectivity index (χ1) is 18.9. The number of ether oxygens (including phenoxy) is 2. The number of hydrogen-bond acceptors (Lipinski definition) is 6. The highest BCUT2D eigenvalue weighted by atomic mass is 16.6. The maximum Gasteiger partial charge on any atom is 0.432 e. The van der Waals surface area contributed by atoms with Gasteiger partial charge in [0.2, 0.25) is 0 Å². The average molecular weight is 525 g/mol. The van der Waals surface area contributed by atoms with E-state index in [-0.39, 0.29) is 12.6 Å². The van der Waals surface area contributed by atoms with Crippen LogP contribution in [0.15, 0.2) is 97.1 Å². The molecule has 1 saturated heterocycles. The monoisotopic (exact) mass is 524 g/mol. The first-order valence-corrected chi connectivity index (χ1v) is 13.0. The van der Waals surface area contributed by atoms with Crippen molar-refractivity contribution in [2.45, 2.75) is 38.6 Å². The summed E-state index contributed by atoms with van der Waals surface area (Å²) in [5, 5.41) is 16.0. The lowest BCUT2D eigenvalue weighted by Crippen LogP contribution is -2.61. The summed E-state index contributed by atoms with van der Waals surface area (Å²) in [5.74, 6) is -0.725. The highest BCUT2D eigenvalue weighted by molar-refractivity contribution is 5.93. The molecule has 4 atom stereocenters. The van der Waals surface area contributed by atoms with E-state index in [9.17, 15) is 14.7 Å². The van der Waals surface area contributed by atoms with Gasteiger partial charge < -0.3 is 14.6 Å². The van der Waals surface area contributed by atoms with Crippen LogP contribution in [0.2, 0.25) is 0 Å². The summed E-state index contributed by atoms with van der Waals surface area (Å²) in [6, 6.07) is 30.1. The van der Waals surface area contributed by atoms with E-state index in [1.54, 1.807) is 19.0 Å². The van der Waals surface area contributed by atoms with Crippen LogP contribution in [-0.4, -0.2) is 40.3 Å². The standard InChI is InChI=1S/C32H32N2O5/c1-21(29(35)27-16-15-24-9-7-8-12-26(24)19-27)31(36)34-32(37)39-30(25-10-5-4-6-11-25)22(2)33(34)20-23-13-17-28(38-3)18-14-23/h4-19,21-22,29-30,35H,20H2,1-3H3/t21-,22-,29-,30-/m0/s1. The number of benzene rings is 4. The zero-order valence-electron chi connectivity index (χ0n) is 22.2. The molecule has 200 valence electrons. The number of aliphatic hydroxyl groups is 1. The van der Waals surface area contributed by atoms with E-state index in [1.807, 2.05) is 104 Å². The van der Waals surface area contributed by atoms with Crippen molar-refractivity contribution in [3.63, 3.8) is 0 Å². The third kappa shape index (κ3) is 5.37. The number of rotatable bonds is 7. The maximum absolute atomic E-state index is 13.9. The maximum atomic E-state index is 13.9. The Morgan fingerprint density at radius 1 is 0.949 bits per heavy atom. The minimum Gasteiger partial charge on any atom is -0.497 e. The molecule has 2 amide bonds. The van der Waals surface area contributed by atoms with Gasteiger partial charge in [0.1, 0.15) is 11.9 Å². The van der Waals surface area contributed by atoms with Gasteiger partial charge in [-0.05, 0) is 52.6 Å². The summed E-state index contributed by atoms with van der Waals surface area (Å²) in [5.41, 5.74) is 2.34. The summed E-state index contributed by atoms with van der Waals surface area (Å²) in [7, 11) is 1.60. The Kier molecular flexibility index (Phi) is 7.63. The van der Waals surface area contributed by atoms with E-state index in [1.165, 1.54) is 0 Å². The number of nitrogens with zero attached hydrogens (tertiary/aromatic N) is 2. The molecule has 1 fully saturated rings. The second-order valence-electron chi connectivity index (χ2n) is 9.89. The average Bonchev–Trinajstić information content (AvgIpc) is 2.98. The van der Waals surface area contributed by atoms with Crippen LogP contribution in [0.4, 0.5) is 4.79 Å². The zero-order valence-corrected chi connectivity index (χ0v) is 22.2. The van der Waals surface area contributed by atoms with Crippen LogP contribution >= 0.6 is 0 Å². The molecule has 7 heteroatoms. The Morgan fingerprint density at radius 2 is 1.62 bits per heavy atom. The molecule has 0 saturated carbocycles. The van der Waals surface area contributed by atoms with Gasteiger partial charge in [0.05, 0.1) is 25.2 Å². The molecule has 0 spiro atoms. The van der Waals surface area contributed by atoms with Gasteiger partial charge in [0.25, 0.3) is 5.91 Å². The Hall–Kier alpha value is -4.20. The number of amides is 2. The molecule has 39 heavy (non-hydrogen) atoms. The summed E-state index contributed by atoms with van der Waals surface area (Å²) in [6.07, 6.45) is -2.44. The fourth-order valence-electron chi connectivity index (χ4n) is 5.05. The smallest absolute Gasteiger partial charge is 0.432 e. The van der Waals surface area contributed by atoms with Crippen molar-refractivity contribution in [1.82, 2.24) is 10.0 Å². The lowest BCUT2D eigenvalue weighted by Gasteiger charge is -2.45. The Morgan fingerprint density at radius 3 is 2.31 bits per heavy atom. The van der Waals surface area contributed by atoms with Crippen LogP contribution in [0.3, 0.4) is 0 Å². The van der Waals surface area contributed by atoms with Crippen LogP contribution in [0.1, 0.15) is 42.7 Å². The first-order valence-electron chi connectivity index (χ1n) is 13.0. The molecule has 5 rings (SSSR count). The Labute approximate surface area is 228 Å².